The monoisotopic (exact) mass is 383 g/mol. The number of nitrogens with one attached hydrogen (secondary N) is 1. The van der Waals surface area contributed by atoms with Gasteiger partial charge in [0.05, 0.1) is 24.8 Å². The summed E-state index contributed by atoms with van der Waals surface area (Å²) in [5.41, 5.74) is 1.23. The van der Waals surface area contributed by atoms with Crippen LogP contribution in [0.4, 0.5) is 5.69 Å². The molecular formula is C17H18ClNO5S. The van der Waals surface area contributed by atoms with Crippen molar-refractivity contribution in [3.8, 4) is 5.75 Å². The van der Waals surface area contributed by atoms with E-state index in [1.165, 1.54) is 38.5 Å². The molecule has 0 heterocycles. The summed E-state index contributed by atoms with van der Waals surface area (Å²) >= 11 is 6.07. The van der Waals surface area contributed by atoms with E-state index in [1.54, 1.807) is 12.1 Å². The lowest BCUT2D eigenvalue weighted by molar-refractivity contribution is -0.138. The first-order chi connectivity index (χ1) is 11.8. The third kappa shape index (κ3) is 4.24. The maximum atomic E-state index is 13.0. The Kier molecular flexibility index (Phi) is 5.92. The lowest BCUT2D eigenvalue weighted by atomic mass is 10.2. The Morgan fingerprint density at radius 3 is 2.36 bits per heavy atom. The smallest absolute Gasteiger partial charge is 0.325 e. The van der Waals surface area contributed by atoms with E-state index in [0.717, 1.165) is 5.56 Å². The molecule has 0 atom stereocenters. The standard InChI is InChI=1S/C17H18ClNO5S/c1-11-4-6-13(7-5-11)25(21,22)15-9-12(18)8-14(17(15)24-3)19-10-16(20)23-2/h4-9,19H,10H2,1-3H3. The summed E-state index contributed by atoms with van der Waals surface area (Å²) in [5, 5.41) is 2.97. The molecule has 2 rings (SSSR count). The van der Waals surface area contributed by atoms with Crippen LogP contribution in [0.2, 0.25) is 5.02 Å². The van der Waals surface area contributed by atoms with Crippen molar-refractivity contribution in [2.45, 2.75) is 16.7 Å². The summed E-state index contributed by atoms with van der Waals surface area (Å²) in [6.45, 7) is 1.71. The summed E-state index contributed by atoms with van der Waals surface area (Å²) in [6.07, 6.45) is 0. The van der Waals surface area contributed by atoms with Crippen LogP contribution < -0.4 is 10.1 Å². The van der Waals surface area contributed by atoms with Crippen molar-refractivity contribution in [3.63, 3.8) is 0 Å². The van der Waals surface area contributed by atoms with E-state index in [2.05, 4.69) is 10.1 Å². The number of aryl methyl sites for hydroxylation is 1. The first kappa shape index (κ1) is 19.1. The second-order valence-corrected chi connectivity index (χ2v) is 7.59. The van der Waals surface area contributed by atoms with Crippen LogP contribution in [0.25, 0.3) is 0 Å². The Bertz CT molecular complexity index is 879. The molecule has 0 aromatic heterocycles. The fourth-order valence-corrected chi connectivity index (χ4v) is 3.94. The molecule has 0 spiro atoms. The molecule has 0 bridgehead atoms. The van der Waals surface area contributed by atoms with Gasteiger partial charge in [0.2, 0.25) is 9.84 Å². The summed E-state index contributed by atoms with van der Waals surface area (Å²) in [7, 11) is -1.25. The predicted octanol–water partition coefficient (Wildman–Crippen LogP) is 3.07. The van der Waals surface area contributed by atoms with E-state index in [-0.39, 0.29) is 32.8 Å². The highest BCUT2D eigenvalue weighted by atomic mass is 35.5. The van der Waals surface area contributed by atoms with Gasteiger partial charge in [-0.1, -0.05) is 29.3 Å². The van der Waals surface area contributed by atoms with Crippen molar-refractivity contribution >= 4 is 33.1 Å². The normalized spacial score (nSPS) is 11.0. The van der Waals surface area contributed by atoms with Crippen LogP contribution in [-0.4, -0.2) is 35.2 Å². The van der Waals surface area contributed by atoms with Gasteiger partial charge in [-0.2, -0.15) is 0 Å². The summed E-state index contributed by atoms with van der Waals surface area (Å²) < 4.78 is 35.8. The number of anilines is 1. The molecule has 0 saturated heterocycles. The zero-order valence-corrected chi connectivity index (χ0v) is 15.6. The van der Waals surface area contributed by atoms with Crippen LogP contribution in [0, 0.1) is 6.92 Å². The van der Waals surface area contributed by atoms with Gasteiger partial charge in [-0.25, -0.2) is 8.42 Å². The van der Waals surface area contributed by atoms with E-state index in [1.807, 2.05) is 6.92 Å². The number of carbonyl (C=O) groups excluding carboxylic acids is 1. The van der Waals surface area contributed by atoms with Gasteiger partial charge in [-0.15, -0.1) is 0 Å². The van der Waals surface area contributed by atoms with E-state index in [4.69, 9.17) is 16.3 Å². The molecule has 2 aromatic carbocycles. The quantitative estimate of drug-likeness (QED) is 0.772. The molecule has 0 aliphatic rings. The molecule has 0 fully saturated rings. The minimum absolute atomic E-state index is 0.0777. The lowest BCUT2D eigenvalue weighted by Crippen LogP contribution is -2.16. The third-order valence-electron chi connectivity index (χ3n) is 3.50. The number of rotatable bonds is 6. The number of methoxy groups -OCH3 is 2. The average Bonchev–Trinajstić information content (AvgIpc) is 2.59. The minimum Gasteiger partial charge on any atom is -0.493 e. The molecule has 0 saturated carbocycles. The number of halogens is 1. The van der Waals surface area contributed by atoms with E-state index in [0.29, 0.717) is 0 Å². The predicted molar refractivity (Wildman–Crippen MR) is 95.1 cm³/mol. The number of benzene rings is 2. The lowest BCUT2D eigenvalue weighted by Gasteiger charge is -2.16. The van der Waals surface area contributed by atoms with Crippen molar-refractivity contribution in [1.29, 1.82) is 0 Å². The summed E-state index contributed by atoms with van der Waals surface area (Å²) in [5.74, 6) is -0.432. The summed E-state index contributed by atoms with van der Waals surface area (Å²) in [4.78, 5) is 11.4. The van der Waals surface area contributed by atoms with Gasteiger partial charge in [-0.05, 0) is 31.2 Å². The molecule has 2 aromatic rings. The minimum atomic E-state index is -3.85. The zero-order chi connectivity index (χ0) is 18.6. The first-order valence-electron chi connectivity index (χ1n) is 7.29. The highest BCUT2D eigenvalue weighted by Gasteiger charge is 2.25. The van der Waals surface area contributed by atoms with E-state index in [9.17, 15) is 13.2 Å². The molecule has 0 unspecified atom stereocenters. The molecule has 0 aliphatic carbocycles. The van der Waals surface area contributed by atoms with Crippen LogP contribution >= 0.6 is 11.6 Å². The SMILES string of the molecule is COC(=O)CNc1cc(Cl)cc(S(=O)(=O)c2ccc(C)cc2)c1OC. The third-order valence-corrected chi connectivity index (χ3v) is 5.49. The zero-order valence-electron chi connectivity index (χ0n) is 14.0. The fraction of sp³-hybridized carbons (Fsp3) is 0.235. The maximum Gasteiger partial charge on any atom is 0.325 e. The van der Waals surface area contributed by atoms with Gasteiger partial charge in [0.25, 0.3) is 0 Å². The van der Waals surface area contributed by atoms with Crippen LogP contribution in [0.15, 0.2) is 46.2 Å². The molecule has 0 aliphatic heterocycles. The highest BCUT2D eigenvalue weighted by Crippen LogP contribution is 2.38. The number of ether oxygens (including phenoxy) is 2. The van der Waals surface area contributed by atoms with Gasteiger partial charge >= 0.3 is 5.97 Å². The number of hydrogen-bond acceptors (Lipinski definition) is 6. The van der Waals surface area contributed by atoms with Gasteiger partial charge < -0.3 is 14.8 Å². The van der Waals surface area contributed by atoms with Crippen LogP contribution in [0.5, 0.6) is 5.75 Å². The number of esters is 1. The molecule has 134 valence electrons. The van der Waals surface area contributed by atoms with Gasteiger partial charge in [-0.3, -0.25) is 4.79 Å². The van der Waals surface area contributed by atoms with Gasteiger partial charge in [0, 0.05) is 5.02 Å². The van der Waals surface area contributed by atoms with Crippen molar-refractivity contribution in [1.82, 2.24) is 0 Å². The van der Waals surface area contributed by atoms with Crippen molar-refractivity contribution < 1.29 is 22.7 Å². The van der Waals surface area contributed by atoms with Gasteiger partial charge in [0.15, 0.2) is 5.75 Å². The van der Waals surface area contributed by atoms with Crippen molar-refractivity contribution in [2.75, 3.05) is 26.1 Å². The molecule has 8 heteroatoms. The molecule has 0 radical (unpaired) electrons. The number of carbonyl (C=O) groups is 1. The Morgan fingerprint density at radius 2 is 1.80 bits per heavy atom. The Labute approximate surface area is 151 Å². The second kappa shape index (κ2) is 7.76. The Hall–Kier alpha value is -2.25. The van der Waals surface area contributed by atoms with E-state index < -0.39 is 15.8 Å². The topological polar surface area (TPSA) is 81.7 Å². The molecule has 25 heavy (non-hydrogen) atoms. The molecule has 0 amide bonds. The fourth-order valence-electron chi connectivity index (χ4n) is 2.19. The van der Waals surface area contributed by atoms with Crippen molar-refractivity contribution in [2.24, 2.45) is 0 Å². The molecule has 1 N–H and O–H groups in total. The Morgan fingerprint density at radius 1 is 1.16 bits per heavy atom. The van der Waals surface area contributed by atoms with Crippen molar-refractivity contribution in [3.05, 3.63) is 47.0 Å². The van der Waals surface area contributed by atoms with Crippen LogP contribution in [0.3, 0.4) is 0 Å². The average molecular weight is 384 g/mol. The van der Waals surface area contributed by atoms with Crippen LogP contribution in [0.1, 0.15) is 5.56 Å². The largest absolute Gasteiger partial charge is 0.493 e. The maximum absolute atomic E-state index is 13.0. The van der Waals surface area contributed by atoms with Gasteiger partial charge in [0.1, 0.15) is 11.4 Å². The second-order valence-electron chi connectivity index (χ2n) is 5.23. The van der Waals surface area contributed by atoms with E-state index >= 15 is 0 Å². The Balaban J connectivity index is 2.54. The molecule has 6 nitrogen and oxygen atoms in total. The number of sulfone groups is 1. The van der Waals surface area contributed by atoms with Crippen LogP contribution in [-0.2, 0) is 19.4 Å². The summed E-state index contributed by atoms with van der Waals surface area (Å²) in [6, 6.07) is 9.26. The highest BCUT2D eigenvalue weighted by molar-refractivity contribution is 7.91. The first-order valence-corrected chi connectivity index (χ1v) is 9.15. The molecular weight excluding hydrogens is 366 g/mol. The number of hydrogen-bond donors (Lipinski definition) is 1.